The van der Waals surface area contributed by atoms with Crippen LogP contribution >= 0.6 is 0 Å². The molecule has 4 rings (SSSR count). The fraction of sp³-hybridized carbons (Fsp3) is 0.103. The molecule has 0 fully saturated rings. The number of carboxylic acids is 1. The fourth-order valence-corrected chi connectivity index (χ4v) is 3.73. The Kier molecular flexibility index (Phi) is 7.57. The van der Waals surface area contributed by atoms with E-state index in [0.717, 1.165) is 23.3 Å². The summed E-state index contributed by atoms with van der Waals surface area (Å²) in [7, 11) is 0. The predicted octanol–water partition coefficient (Wildman–Crippen LogP) is 7.11. The van der Waals surface area contributed by atoms with Gasteiger partial charge < -0.3 is 15.2 Å². The highest BCUT2D eigenvalue weighted by molar-refractivity contribution is 5.94. The Hall–Kier alpha value is -4.59. The molecule has 0 aliphatic carbocycles. The molecule has 4 aromatic rings. The van der Waals surface area contributed by atoms with Crippen molar-refractivity contribution in [3.8, 4) is 22.6 Å². The predicted molar refractivity (Wildman–Crippen MR) is 132 cm³/mol. The number of benzene rings is 4. The molecule has 5 nitrogen and oxygen atoms in total. The summed E-state index contributed by atoms with van der Waals surface area (Å²) < 4.78 is 43.7. The number of rotatable bonds is 8. The molecule has 0 spiro atoms. The largest absolute Gasteiger partial charge is 0.481 e. The standard InChI is InChI=1S/C29H22F3NO4/c30-29(31,32)23-12-16-25(17-13-23)37-24-14-10-22(11-15-24)28(36)33-26(18-27(34)35)21-8-6-20(7-9-21)19-4-2-1-3-5-19/h1-17,26H,18H2,(H,33,36)(H,34,35). The van der Waals surface area contributed by atoms with Crippen molar-refractivity contribution in [2.24, 2.45) is 0 Å². The van der Waals surface area contributed by atoms with E-state index in [1.54, 1.807) is 12.1 Å². The molecule has 0 aliphatic heterocycles. The lowest BCUT2D eigenvalue weighted by Crippen LogP contribution is -2.30. The van der Waals surface area contributed by atoms with Crippen molar-refractivity contribution >= 4 is 11.9 Å². The van der Waals surface area contributed by atoms with Gasteiger partial charge in [0.05, 0.1) is 18.0 Å². The maximum absolute atomic E-state index is 12.8. The van der Waals surface area contributed by atoms with Gasteiger partial charge in [-0.3, -0.25) is 9.59 Å². The molecule has 0 saturated carbocycles. The number of amides is 1. The first-order chi connectivity index (χ1) is 17.7. The van der Waals surface area contributed by atoms with Gasteiger partial charge in [0.25, 0.3) is 5.91 Å². The number of hydrogen-bond donors (Lipinski definition) is 2. The minimum absolute atomic E-state index is 0.214. The van der Waals surface area contributed by atoms with Crippen LogP contribution in [0.4, 0.5) is 13.2 Å². The van der Waals surface area contributed by atoms with Crippen LogP contribution in [0.5, 0.6) is 11.5 Å². The highest BCUT2D eigenvalue weighted by Crippen LogP contribution is 2.31. The van der Waals surface area contributed by atoms with E-state index < -0.39 is 29.7 Å². The van der Waals surface area contributed by atoms with Crippen molar-refractivity contribution < 1.29 is 32.6 Å². The van der Waals surface area contributed by atoms with Crippen molar-refractivity contribution in [2.45, 2.75) is 18.6 Å². The van der Waals surface area contributed by atoms with Gasteiger partial charge in [-0.25, -0.2) is 0 Å². The third kappa shape index (κ3) is 6.76. The lowest BCUT2D eigenvalue weighted by atomic mass is 9.99. The summed E-state index contributed by atoms with van der Waals surface area (Å²) >= 11 is 0. The summed E-state index contributed by atoms with van der Waals surface area (Å²) in [6.45, 7) is 0. The Bertz CT molecular complexity index is 1350. The molecule has 1 amide bonds. The molecular formula is C29H22F3NO4. The Morgan fingerprint density at radius 1 is 0.757 bits per heavy atom. The number of ether oxygens (including phenoxy) is 1. The number of carbonyl (C=O) groups is 2. The zero-order valence-electron chi connectivity index (χ0n) is 19.4. The SMILES string of the molecule is O=C(O)CC(NC(=O)c1ccc(Oc2ccc(C(F)(F)F)cc2)cc1)c1ccc(-c2ccccc2)cc1. The summed E-state index contributed by atoms with van der Waals surface area (Å²) in [4.78, 5) is 24.3. The number of carboxylic acid groups (broad SMARTS) is 1. The van der Waals surface area contributed by atoms with E-state index in [1.807, 2.05) is 42.5 Å². The first-order valence-corrected chi connectivity index (χ1v) is 11.3. The summed E-state index contributed by atoms with van der Waals surface area (Å²) in [5.41, 5.74) is 2.13. The molecule has 2 N–H and O–H groups in total. The zero-order valence-corrected chi connectivity index (χ0v) is 19.4. The third-order valence-corrected chi connectivity index (χ3v) is 5.64. The van der Waals surface area contributed by atoms with Crippen LogP contribution in [0, 0.1) is 0 Å². The normalized spacial score (nSPS) is 12.0. The second-order valence-corrected chi connectivity index (χ2v) is 8.26. The van der Waals surface area contributed by atoms with Gasteiger partial charge in [0, 0.05) is 5.56 Å². The van der Waals surface area contributed by atoms with Crippen molar-refractivity contribution in [3.63, 3.8) is 0 Å². The average molecular weight is 505 g/mol. The molecule has 37 heavy (non-hydrogen) atoms. The van der Waals surface area contributed by atoms with Gasteiger partial charge in [0.1, 0.15) is 11.5 Å². The molecule has 0 aliphatic rings. The second-order valence-electron chi connectivity index (χ2n) is 8.26. The number of halogens is 3. The minimum Gasteiger partial charge on any atom is -0.481 e. The van der Waals surface area contributed by atoms with Gasteiger partial charge in [-0.1, -0.05) is 54.6 Å². The molecule has 188 valence electrons. The Labute approximate surface area is 211 Å². The molecule has 0 aromatic heterocycles. The maximum atomic E-state index is 12.8. The lowest BCUT2D eigenvalue weighted by Gasteiger charge is -2.18. The van der Waals surface area contributed by atoms with E-state index >= 15 is 0 Å². The van der Waals surface area contributed by atoms with Gasteiger partial charge in [-0.15, -0.1) is 0 Å². The number of aliphatic carboxylic acids is 1. The van der Waals surface area contributed by atoms with E-state index in [9.17, 15) is 27.9 Å². The second kappa shape index (κ2) is 11.0. The highest BCUT2D eigenvalue weighted by Gasteiger charge is 2.30. The van der Waals surface area contributed by atoms with Crippen molar-refractivity contribution in [2.75, 3.05) is 0 Å². The molecule has 0 saturated heterocycles. The summed E-state index contributed by atoms with van der Waals surface area (Å²) in [6.07, 6.45) is -4.73. The number of nitrogens with one attached hydrogen (secondary N) is 1. The topological polar surface area (TPSA) is 75.6 Å². The summed E-state index contributed by atoms with van der Waals surface area (Å²) in [5.74, 6) is -0.988. The van der Waals surface area contributed by atoms with Crippen LogP contribution < -0.4 is 10.1 Å². The van der Waals surface area contributed by atoms with Crippen LogP contribution in [0.1, 0.15) is 33.9 Å². The van der Waals surface area contributed by atoms with Gasteiger partial charge >= 0.3 is 12.1 Å². The van der Waals surface area contributed by atoms with E-state index in [4.69, 9.17) is 4.74 Å². The van der Waals surface area contributed by atoms with Crippen LogP contribution in [0.3, 0.4) is 0 Å². The van der Waals surface area contributed by atoms with E-state index in [2.05, 4.69) is 5.32 Å². The number of alkyl halides is 3. The highest BCUT2D eigenvalue weighted by atomic mass is 19.4. The Morgan fingerprint density at radius 3 is 1.84 bits per heavy atom. The smallest absolute Gasteiger partial charge is 0.416 e. The van der Waals surface area contributed by atoms with Gasteiger partial charge in [0.2, 0.25) is 0 Å². The summed E-state index contributed by atoms with van der Waals surface area (Å²) in [5, 5.41) is 12.1. The molecule has 1 unspecified atom stereocenters. The molecular weight excluding hydrogens is 483 g/mol. The van der Waals surface area contributed by atoms with Crippen LogP contribution in [0.15, 0.2) is 103 Å². The van der Waals surface area contributed by atoms with Crippen LogP contribution in [-0.4, -0.2) is 17.0 Å². The molecule has 0 radical (unpaired) electrons. The van der Waals surface area contributed by atoms with Crippen LogP contribution in [0.2, 0.25) is 0 Å². The average Bonchev–Trinajstić information content (AvgIpc) is 2.89. The fourth-order valence-electron chi connectivity index (χ4n) is 3.73. The van der Waals surface area contributed by atoms with Gasteiger partial charge in [-0.2, -0.15) is 13.2 Å². The van der Waals surface area contributed by atoms with E-state index in [-0.39, 0.29) is 17.7 Å². The third-order valence-electron chi connectivity index (χ3n) is 5.64. The molecule has 0 heterocycles. The van der Waals surface area contributed by atoms with Crippen molar-refractivity contribution in [1.29, 1.82) is 0 Å². The monoisotopic (exact) mass is 505 g/mol. The van der Waals surface area contributed by atoms with Gasteiger partial charge in [0.15, 0.2) is 0 Å². The lowest BCUT2D eigenvalue weighted by molar-refractivity contribution is -0.138. The number of hydrogen-bond acceptors (Lipinski definition) is 3. The van der Waals surface area contributed by atoms with Gasteiger partial charge in [-0.05, 0) is 65.2 Å². The van der Waals surface area contributed by atoms with Crippen LogP contribution in [0.25, 0.3) is 11.1 Å². The number of carbonyl (C=O) groups excluding carboxylic acids is 1. The van der Waals surface area contributed by atoms with Crippen LogP contribution in [-0.2, 0) is 11.0 Å². The van der Waals surface area contributed by atoms with Crippen molar-refractivity contribution in [1.82, 2.24) is 5.32 Å². The Balaban J connectivity index is 1.43. The van der Waals surface area contributed by atoms with E-state index in [1.165, 1.54) is 36.4 Å². The van der Waals surface area contributed by atoms with Crippen molar-refractivity contribution in [3.05, 3.63) is 120 Å². The first-order valence-electron chi connectivity index (χ1n) is 11.3. The quantitative estimate of drug-likeness (QED) is 0.268. The molecule has 0 bridgehead atoms. The zero-order chi connectivity index (χ0) is 26.4. The maximum Gasteiger partial charge on any atom is 0.416 e. The molecule has 4 aromatic carbocycles. The van der Waals surface area contributed by atoms with E-state index in [0.29, 0.717) is 11.3 Å². The molecule has 1 atom stereocenters. The Morgan fingerprint density at radius 2 is 1.30 bits per heavy atom. The summed E-state index contributed by atoms with van der Waals surface area (Å²) in [6, 6.07) is 26.6. The first kappa shape index (κ1) is 25.5. The molecule has 8 heteroatoms. The minimum atomic E-state index is -4.43.